The lowest BCUT2D eigenvalue weighted by molar-refractivity contribution is 0.340. The van der Waals surface area contributed by atoms with Crippen LogP contribution in [0.1, 0.15) is 36.5 Å². The van der Waals surface area contributed by atoms with Crippen LogP contribution in [0.5, 0.6) is 5.75 Å². The zero-order valence-corrected chi connectivity index (χ0v) is 14.4. The molecule has 0 spiro atoms. The molecule has 122 valence electrons. The highest BCUT2D eigenvalue weighted by atomic mass is 16.5. The van der Waals surface area contributed by atoms with Gasteiger partial charge in [-0.1, -0.05) is 6.92 Å². The summed E-state index contributed by atoms with van der Waals surface area (Å²) in [5, 5.41) is 9.35. The van der Waals surface area contributed by atoms with Gasteiger partial charge in [-0.15, -0.1) is 0 Å². The SMILES string of the molecule is CCOc1ccc(-n2c(CC)nc3c(C)c(C#N)c(C)nc32)cc1. The third-order valence-corrected chi connectivity index (χ3v) is 4.12. The van der Waals surface area contributed by atoms with Crippen molar-refractivity contribution in [2.24, 2.45) is 0 Å². The van der Waals surface area contributed by atoms with E-state index in [-0.39, 0.29) is 0 Å². The molecule has 2 heterocycles. The van der Waals surface area contributed by atoms with Crippen LogP contribution in [0, 0.1) is 25.2 Å². The summed E-state index contributed by atoms with van der Waals surface area (Å²) >= 11 is 0. The van der Waals surface area contributed by atoms with Gasteiger partial charge >= 0.3 is 0 Å². The molecule has 0 saturated heterocycles. The van der Waals surface area contributed by atoms with E-state index in [1.54, 1.807) is 0 Å². The maximum atomic E-state index is 9.35. The largest absolute Gasteiger partial charge is 0.494 e. The number of pyridine rings is 1. The van der Waals surface area contributed by atoms with E-state index in [1.807, 2.05) is 45.0 Å². The smallest absolute Gasteiger partial charge is 0.165 e. The Kier molecular flexibility index (Phi) is 4.22. The van der Waals surface area contributed by atoms with Crippen LogP contribution >= 0.6 is 0 Å². The van der Waals surface area contributed by atoms with Gasteiger partial charge in [0, 0.05) is 12.1 Å². The van der Waals surface area contributed by atoms with Crippen LogP contribution in [0.15, 0.2) is 24.3 Å². The van der Waals surface area contributed by atoms with Crippen molar-refractivity contribution < 1.29 is 4.74 Å². The Morgan fingerprint density at radius 2 is 1.83 bits per heavy atom. The number of nitriles is 1. The Morgan fingerprint density at radius 3 is 2.42 bits per heavy atom. The number of aromatic nitrogens is 3. The first-order chi connectivity index (χ1) is 11.6. The van der Waals surface area contributed by atoms with Crippen molar-refractivity contribution in [3.63, 3.8) is 0 Å². The lowest BCUT2D eigenvalue weighted by Crippen LogP contribution is -2.02. The highest BCUT2D eigenvalue weighted by molar-refractivity contribution is 5.80. The van der Waals surface area contributed by atoms with E-state index >= 15 is 0 Å². The molecule has 2 aromatic heterocycles. The fourth-order valence-corrected chi connectivity index (χ4v) is 2.95. The third kappa shape index (κ3) is 2.50. The van der Waals surface area contributed by atoms with E-state index in [9.17, 15) is 5.26 Å². The molecule has 0 aliphatic heterocycles. The maximum Gasteiger partial charge on any atom is 0.165 e. The van der Waals surface area contributed by atoms with Crippen LogP contribution < -0.4 is 4.74 Å². The molecule has 0 radical (unpaired) electrons. The second-order valence-electron chi connectivity index (χ2n) is 5.63. The molecule has 24 heavy (non-hydrogen) atoms. The van der Waals surface area contributed by atoms with E-state index in [0.717, 1.165) is 46.1 Å². The fourth-order valence-electron chi connectivity index (χ4n) is 2.95. The van der Waals surface area contributed by atoms with Crippen molar-refractivity contribution in [1.82, 2.24) is 14.5 Å². The van der Waals surface area contributed by atoms with E-state index in [4.69, 9.17) is 9.72 Å². The summed E-state index contributed by atoms with van der Waals surface area (Å²) in [6.07, 6.45) is 0.782. The van der Waals surface area contributed by atoms with Crippen LogP contribution in [-0.2, 0) is 6.42 Å². The Labute approximate surface area is 141 Å². The normalized spacial score (nSPS) is 10.8. The first kappa shape index (κ1) is 16.0. The second kappa shape index (κ2) is 6.32. The van der Waals surface area contributed by atoms with Crippen molar-refractivity contribution in [1.29, 1.82) is 5.26 Å². The number of ether oxygens (including phenoxy) is 1. The average molecular weight is 320 g/mol. The summed E-state index contributed by atoms with van der Waals surface area (Å²) in [6, 6.07) is 10.2. The van der Waals surface area contributed by atoms with Crippen molar-refractivity contribution in [2.75, 3.05) is 6.61 Å². The lowest BCUT2D eigenvalue weighted by atomic mass is 10.1. The number of benzene rings is 1. The molecule has 0 bridgehead atoms. The van der Waals surface area contributed by atoms with Crippen molar-refractivity contribution in [3.05, 3.63) is 46.9 Å². The highest BCUT2D eigenvalue weighted by Crippen LogP contribution is 2.27. The molecule has 0 atom stereocenters. The topological polar surface area (TPSA) is 63.7 Å². The molecule has 0 aliphatic carbocycles. The molecule has 0 N–H and O–H groups in total. The Bertz CT molecular complexity index is 933. The number of hydrogen-bond acceptors (Lipinski definition) is 4. The van der Waals surface area contributed by atoms with E-state index in [1.165, 1.54) is 0 Å². The number of fused-ring (bicyclic) bond motifs is 1. The Balaban J connectivity index is 2.25. The summed E-state index contributed by atoms with van der Waals surface area (Å²) < 4.78 is 7.58. The van der Waals surface area contributed by atoms with Gasteiger partial charge in [0.1, 0.15) is 23.2 Å². The monoisotopic (exact) mass is 320 g/mol. The van der Waals surface area contributed by atoms with E-state index in [2.05, 4.69) is 22.5 Å². The number of rotatable bonds is 4. The molecular weight excluding hydrogens is 300 g/mol. The first-order valence-electron chi connectivity index (χ1n) is 8.12. The quantitative estimate of drug-likeness (QED) is 0.732. The predicted octanol–water partition coefficient (Wildman–Crippen LogP) is 3.87. The Morgan fingerprint density at radius 1 is 1.12 bits per heavy atom. The molecule has 3 rings (SSSR count). The van der Waals surface area contributed by atoms with Crippen LogP contribution in [0.3, 0.4) is 0 Å². The zero-order valence-electron chi connectivity index (χ0n) is 14.4. The molecule has 0 unspecified atom stereocenters. The average Bonchev–Trinajstić information content (AvgIpc) is 2.95. The zero-order chi connectivity index (χ0) is 17.3. The molecule has 3 aromatic rings. The molecule has 5 nitrogen and oxygen atoms in total. The van der Waals surface area contributed by atoms with Crippen LogP contribution in [0.25, 0.3) is 16.9 Å². The van der Waals surface area contributed by atoms with Crippen molar-refractivity contribution in [2.45, 2.75) is 34.1 Å². The maximum absolute atomic E-state index is 9.35. The summed E-state index contributed by atoms with van der Waals surface area (Å²) in [6.45, 7) is 8.48. The minimum Gasteiger partial charge on any atom is -0.494 e. The molecule has 0 amide bonds. The summed E-state index contributed by atoms with van der Waals surface area (Å²) in [4.78, 5) is 9.39. The van der Waals surface area contributed by atoms with Gasteiger partial charge < -0.3 is 4.74 Å². The van der Waals surface area contributed by atoms with Gasteiger partial charge in [0.25, 0.3) is 0 Å². The lowest BCUT2D eigenvalue weighted by Gasteiger charge is -2.10. The number of aryl methyl sites for hydroxylation is 3. The van der Waals surface area contributed by atoms with Crippen LogP contribution in [0.4, 0.5) is 0 Å². The second-order valence-corrected chi connectivity index (χ2v) is 5.63. The fraction of sp³-hybridized carbons (Fsp3) is 0.316. The minimum atomic E-state index is 0.612. The summed E-state index contributed by atoms with van der Waals surface area (Å²) in [7, 11) is 0. The number of imidazole rings is 1. The van der Waals surface area contributed by atoms with Crippen molar-refractivity contribution >= 4 is 11.2 Å². The molecule has 1 aromatic carbocycles. The summed E-state index contributed by atoms with van der Waals surface area (Å²) in [5.74, 6) is 1.77. The van der Waals surface area contributed by atoms with E-state index in [0.29, 0.717) is 12.2 Å². The van der Waals surface area contributed by atoms with Gasteiger partial charge in [-0.25, -0.2) is 9.97 Å². The molecular formula is C19H20N4O. The van der Waals surface area contributed by atoms with Gasteiger partial charge in [-0.3, -0.25) is 4.57 Å². The number of nitrogens with zero attached hydrogens (tertiary/aromatic N) is 4. The van der Waals surface area contributed by atoms with Gasteiger partial charge in [0.15, 0.2) is 5.65 Å². The minimum absolute atomic E-state index is 0.612. The molecule has 5 heteroatoms. The van der Waals surface area contributed by atoms with E-state index < -0.39 is 0 Å². The standard InChI is InChI=1S/C19H20N4O/c1-5-17-22-18-12(3)16(11-20)13(4)21-19(18)23(17)14-7-9-15(10-8-14)24-6-2/h7-10H,5-6H2,1-4H3. The number of hydrogen-bond donors (Lipinski definition) is 0. The molecule has 0 aliphatic rings. The summed E-state index contributed by atoms with van der Waals surface area (Å²) in [5.41, 5.74) is 4.82. The van der Waals surface area contributed by atoms with Crippen molar-refractivity contribution in [3.8, 4) is 17.5 Å². The molecule has 0 saturated carbocycles. The highest BCUT2D eigenvalue weighted by Gasteiger charge is 2.18. The predicted molar refractivity (Wildman–Crippen MR) is 93.6 cm³/mol. The van der Waals surface area contributed by atoms with Gasteiger partial charge in [0.2, 0.25) is 0 Å². The molecule has 0 fully saturated rings. The van der Waals surface area contributed by atoms with Crippen LogP contribution in [-0.4, -0.2) is 21.1 Å². The van der Waals surface area contributed by atoms with Crippen LogP contribution in [0.2, 0.25) is 0 Å². The first-order valence-corrected chi connectivity index (χ1v) is 8.12. The Hall–Kier alpha value is -2.87. The van der Waals surface area contributed by atoms with Gasteiger partial charge in [0.05, 0.1) is 17.9 Å². The van der Waals surface area contributed by atoms with Gasteiger partial charge in [-0.2, -0.15) is 5.26 Å². The van der Waals surface area contributed by atoms with Gasteiger partial charge in [-0.05, 0) is 50.6 Å². The third-order valence-electron chi connectivity index (χ3n) is 4.12.